The zero-order valence-corrected chi connectivity index (χ0v) is 12.4. The topological polar surface area (TPSA) is 54.9 Å². The van der Waals surface area contributed by atoms with E-state index in [1.54, 1.807) is 42.0 Å². The Morgan fingerprint density at radius 2 is 2.00 bits per heavy atom. The SMILES string of the molecule is O=C(Nc1ccc(Cl)cc1)c1csc(-c2cccnc2)n1. The van der Waals surface area contributed by atoms with E-state index >= 15 is 0 Å². The van der Waals surface area contributed by atoms with Gasteiger partial charge < -0.3 is 5.32 Å². The molecule has 0 bridgehead atoms. The second-order valence-electron chi connectivity index (χ2n) is 4.24. The number of pyridine rings is 1. The van der Waals surface area contributed by atoms with Gasteiger partial charge in [0, 0.05) is 34.0 Å². The smallest absolute Gasteiger partial charge is 0.275 e. The minimum atomic E-state index is -0.247. The van der Waals surface area contributed by atoms with Crippen molar-refractivity contribution in [3.63, 3.8) is 0 Å². The molecule has 1 aromatic carbocycles. The van der Waals surface area contributed by atoms with Gasteiger partial charge in [0.1, 0.15) is 10.7 Å². The van der Waals surface area contributed by atoms with Crippen LogP contribution in [0.1, 0.15) is 10.5 Å². The molecule has 0 aliphatic rings. The molecule has 0 atom stereocenters. The highest BCUT2D eigenvalue weighted by molar-refractivity contribution is 7.13. The second kappa shape index (κ2) is 6.03. The van der Waals surface area contributed by atoms with Crippen LogP contribution in [0.4, 0.5) is 5.69 Å². The summed E-state index contributed by atoms with van der Waals surface area (Å²) in [6.45, 7) is 0. The van der Waals surface area contributed by atoms with Gasteiger partial charge >= 0.3 is 0 Å². The summed E-state index contributed by atoms with van der Waals surface area (Å²) >= 11 is 7.22. The van der Waals surface area contributed by atoms with Crippen molar-refractivity contribution >= 4 is 34.5 Å². The molecule has 0 spiro atoms. The largest absolute Gasteiger partial charge is 0.321 e. The first-order valence-corrected chi connectivity index (χ1v) is 7.41. The Labute approximate surface area is 130 Å². The fourth-order valence-electron chi connectivity index (χ4n) is 1.73. The molecule has 6 heteroatoms. The Morgan fingerprint density at radius 1 is 1.19 bits per heavy atom. The number of thiazole rings is 1. The monoisotopic (exact) mass is 315 g/mol. The van der Waals surface area contributed by atoms with Crippen molar-refractivity contribution in [2.45, 2.75) is 0 Å². The number of benzene rings is 1. The number of anilines is 1. The van der Waals surface area contributed by atoms with Crippen molar-refractivity contribution in [2.24, 2.45) is 0 Å². The van der Waals surface area contributed by atoms with Gasteiger partial charge in [-0.05, 0) is 36.4 Å². The molecule has 2 aromatic heterocycles. The zero-order valence-electron chi connectivity index (χ0n) is 10.8. The molecule has 0 aliphatic carbocycles. The van der Waals surface area contributed by atoms with Crippen LogP contribution in [0, 0.1) is 0 Å². The number of hydrogen-bond acceptors (Lipinski definition) is 4. The highest BCUT2D eigenvalue weighted by Crippen LogP contribution is 2.23. The Bertz CT molecular complexity index is 756. The summed E-state index contributed by atoms with van der Waals surface area (Å²) < 4.78 is 0. The van der Waals surface area contributed by atoms with Crippen LogP contribution in [-0.4, -0.2) is 15.9 Å². The van der Waals surface area contributed by atoms with E-state index in [-0.39, 0.29) is 5.91 Å². The van der Waals surface area contributed by atoms with Crippen LogP contribution >= 0.6 is 22.9 Å². The number of amides is 1. The van der Waals surface area contributed by atoms with Gasteiger partial charge in [-0.1, -0.05) is 11.6 Å². The predicted octanol–water partition coefficient (Wildman–Crippen LogP) is 4.11. The molecular formula is C15H10ClN3OS. The van der Waals surface area contributed by atoms with Gasteiger partial charge in [-0.3, -0.25) is 9.78 Å². The number of nitrogens with one attached hydrogen (secondary N) is 1. The lowest BCUT2D eigenvalue weighted by Gasteiger charge is -2.02. The molecule has 3 aromatic rings. The molecule has 0 fully saturated rings. The normalized spacial score (nSPS) is 10.3. The van der Waals surface area contributed by atoms with E-state index in [1.807, 2.05) is 12.1 Å². The number of aromatic nitrogens is 2. The molecule has 0 aliphatic heterocycles. The van der Waals surface area contributed by atoms with Gasteiger partial charge in [-0.2, -0.15) is 0 Å². The molecule has 1 amide bonds. The van der Waals surface area contributed by atoms with Crippen LogP contribution in [-0.2, 0) is 0 Å². The Hall–Kier alpha value is -2.24. The van der Waals surface area contributed by atoms with Crippen LogP contribution in [0.5, 0.6) is 0 Å². The predicted molar refractivity (Wildman–Crippen MR) is 84.8 cm³/mol. The van der Waals surface area contributed by atoms with E-state index in [2.05, 4.69) is 15.3 Å². The van der Waals surface area contributed by atoms with Gasteiger partial charge in [-0.25, -0.2) is 4.98 Å². The van der Waals surface area contributed by atoms with Crippen LogP contribution in [0.15, 0.2) is 54.2 Å². The van der Waals surface area contributed by atoms with Crippen molar-refractivity contribution < 1.29 is 4.79 Å². The van der Waals surface area contributed by atoms with Crippen molar-refractivity contribution in [1.29, 1.82) is 0 Å². The fourth-order valence-corrected chi connectivity index (χ4v) is 2.65. The van der Waals surface area contributed by atoms with Crippen molar-refractivity contribution in [2.75, 3.05) is 5.32 Å². The van der Waals surface area contributed by atoms with Crippen molar-refractivity contribution in [1.82, 2.24) is 9.97 Å². The first-order valence-electron chi connectivity index (χ1n) is 6.15. The lowest BCUT2D eigenvalue weighted by Crippen LogP contribution is -2.12. The summed E-state index contributed by atoms with van der Waals surface area (Å²) in [6, 6.07) is 10.7. The maximum Gasteiger partial charge on any atom is 0.275 e. The van der Waals surface area contributed by atoms with E-state index in [0.29, 0.717) is 16.4 Å². The number of halogens is 1. The summed E-state index contributed by atoms with van der Waals surface area (Å²) in [4.78, 5) is 20.5. The molecule has 0 saturated heterocycles. The molecule has 0 saturated carbocycles. The highest BCUT2D eigenvalue weighted by atomic mass is 35.5. The third-order valence-electron chi connectivity index (χ3n) is 2.75. The Morgan fingerprint density at radius 3 is 2.71 bits per heavy atom. The minimum absolute atomic E-state index is 0.247. The number of rotatable bonds is 3. The van der Waals surface area contributed by atoms with E-state index in [9.17, 15) is 4.79 Å². The molecule has 0 radical (unpaired) electrons. The number of carbonyl (C=O) groups is 1. The summed E-state index contributed by atoms with van der Waals surface area (Å²) in [5.41, 5.74) is 1.96. The summed E-state index contributed by atoms with van der Waals surface area (Å²) in [7, 11) is 0. The van der Waals surface area contributed by atoms with Crippen molar-refractivity contribution in [3.05, 3.63) is 64.9 Å². The van der Waals surface area contributed by atoms with E-state index in [1.165, 1.54) is 11.3 Å². The summed E-state index contributed by atoms with van der Waals surface area (Å²) in [6.07, 6.45) is 3.42. The lowest BCUT2D eigenvalue weighted by atomic mass is 10.3. The number of carbonyl (C=O) groups excluding carboxylic acids is 1. The van der Waals surface area contributed by atoms with Crippen LogP contribution in [0.3, 0.4) is 0 Å². The molecule has 21 heavy (non-hydrogen) atoms. The molecule has 2 heterocycles. The maximum absolute atomic E-state index is 12.1. The molecule has 4 nitrogen and oxygen atoms in total. The van der Waals surface area contributed by atoms with Gasteiger partial charge in [0.15, 0.2) is 0 Å². The maximum atomic E-state index is 12.1. The minimum Gasteiger partial charge on any atom is -0.321 e. The Balaban J connectivity index is 1.77. The average Bonchev–Trinajstić information content (AvgIpc) is 3.00. The van der Waals surface area contributed by atoms with Crippen LogP contribution in [0.2, 0.25) is 5.02 Å². The van der Waals surface area contributed by atoms with Gasteiger partial charge in [0.05, 0.1) is 0 Å². The summed E-state index contributed by atoms with van der Waals surface area (Å²) in [5.74, 6) is -0.247. The van der Waals surface area contributed by atoms with E-state index in [0.717, 1.165) is 10.6 Å². The van der Waals surface area contributed by atoms with Crippen LogP contribution in [0.25, 0.3) is 10.6 Å². The highest BCUT2D eigenvalue weighted by Gasteiger charge is 2.12. The molecular weight excluding hydrogens is 306 g/mol. The average molecular weight is 316 g/mol. The Kier molecular flexibility index (Phi) is 3.94. The van der Waals surface area contributed by atoms with E-state index < -0.39 is 0 Å². The molecule has 104 valence electrons. The first kappa shape index (κ1) is 13.7. The van der Waals surface area contributed by atoms with Crippen LogP contribution < -0.4 is 5.32 Å². The van der Waals surface area contributed by atoms with Gasteiger partial charge in [0.2, 0.25) is 0 Å². The zero-order chi connectivity index (χ0) is 14.7. The van der Waals surface area contributed by atoms with E-state index in [4.69, 9.17) is 11.6 Å². The number of hydrogen-bond donors (Lipinski definition) is 1. The van der Waals surface area contributed by atoms with Gasteiger partial charge in [-0.15, -0.1) is 11.3 Å². The third kappa shape index (κ3) is 3.26. The summed E-state index contributed by atoms with van der Waals surface area (Å²) in [5, 5.41) is 5.90. The lowest BCUT2D eigenvalue weighted by molar-refractivity contribution is 0.102. The second-order valence-corrected chi connectivity index (χ2v) is 5.54. The quantitative estimate of drug-likeness (QED) is 0.791. The standard InChI is InChI=1S/C15H10ClN3OS/c16-11-3-5-12(6-4-11)18-14(20)13-9-21-15(19-13)10-2-1-7-17-8-10/h1-9H,(H,18,20). The third-order valence-corrected chi connectivity index (χ3v) is 3.89. The first-order chi connectivity index (χ1) is 10.2. The fraction of sp³-hybridized carbons (Fsp3) is 0. The van der Waals surface area contributed by atoms with Gasteiger partial charge in [0.25, 0.3) is 5.91 Å². The number of nitrogens with zero attached hydrogens (tertiary/aromatic N) is 2. The molecule has 1 N–H and O–H groups in total. The van der Waals surface area contributed by atoms with Crippen molar-refractivity contribution in [3.8, 4) is 10.6 Å². The molecule has 3 rings (SSSR count). The molecule has 0 unspecified atom stereocenters.